The topological polar surface area (TPSA) is 156 Å². The number of nitrogens with one attached hydrogen (secondary N) is 2. The molecule has 13 heteroatoms. The van der Waals surface area contributed by atoms with Gasteiger partial charge in [0.1, 0.15) is 11.2 Å². The van der Waals surface area contributed by atoms with Crippen LogP contribution in [0.1, 0.15) is 44.9 Å². The second-order valence-electron chi connectivity index (χ2n) is 7.12. The monoisotopic (exact) mass is 455 g/mol. The third kappa shape index (κ3) is 3.58. The molecule has 0 bridgehead atoms. The Kier molecular flexibility index (Phi) is 5.18. The summed E-state index contributed by atoms with van der Waals surface area (Å²) >= 11 is 0. The van der Waals surface area contributed by atoms with Crippen molar-refractivity contribution in [1.29, 1.82) is 0 Å². The van der Waals surface area contributed by atoms with Crippen molar-refractivity contribution >= 4 is 27.7 Å². The molecule has 1 aliphatic rings. The lowest BCUT2D eigenvalue weighted by molar-refractivity contribution is 0.0844. The molecule has 3 aromatic rings. The lowest BCUT2D eigenvalue weighted by Crippen LogP contribution is -2.41. The number of hydrogen-bond acceptors (Lipinski definition) is 8. The van der Waals surface area contributed by atoms with Crippen LogP contribution in [0.3, 0.4) is 0 Å². The molecule has 1 aliphatic heterocycles. The summed E-state index contributed by atoms with van der Waals surface area (Å²) in [5.74, 6) is -1.96. The Morgan fingerprint density at radius 3 is 2.19 bits per heavy atom. The van der Waals surface area contributed by atoms with Crippen LogP contribution in [0.5, 0.6) is 0 Å². The van der Waals surface area contributed by atoms with Crippen LogP contribution in [0.25, 0.3) is 5.69 Å². The molecule has 0 aliphatic carbocycles. The maximum atomic E-state index is 12.7. The summed E-state index contributed by atoms with van der Waals surface area (Å²) in [6, 6.07) is 9.44. The summed E-state index contributed by atoms with van der Waals surface area (Å²) in [7, 11) is -4.05. The van der Waals surface area contributed by atoms with E-state index in [0.29, 0.717) is 5.69 Å². The fourth-order valence-corrected chi connectivity index (χ4v) is 5.00. The van der Waals surface area contributed by atoms with Gasteiger partial charge >= 0.3 is 0 Å². The first kappa shape index (κ1) is 21.1. The molecule has 2 heterocycles. The molecule has 4 rings (SSSR count). The molecular formula is C19H17N7O5S. The number of fused-ring (bicyclic) bond motifs is 1. The maximum absolute atomic E-state index is 12.7. The molecular weight excluding hydrogens is 438 g/mol. The molecule has 164 valence electrons. The van der Waals surface area contributed by atoms with E-state index in [1.54, 1.807) is 26.0 Å². The molecule has 1 aromatic heterocycles. The first-order chi connectivity index (χ1) is 15.2. The van der Waals surface area contributed by atoms with E-state index in [0.717, 1.165) is 10.4 Å². The van der Waals surface area contributed by atoms with Crippen molar-refractivity contribution in [2.24, 2.45) is 0 Å². The van der Waals surface area contributed by atoms with E-state index in [-0.39, 0.29) is 21.6 Å². The van der Waals surface area contributed by atoms with Crippen molar-refractivity contribution < 1.29 is 22.8 Å². The average molecular weight is 455 g/mol. The van der Waals surface area contributed by atoms with Crippen LogP contribution in [0.4, 0.5) is 0 Å². The van der Waals surface area contributed by atoms with Crippen LogP contribution in [-0.2, 0) is 10.0 Å². The number of hydrazine groups is 1. The number of tetrazole rings is 1. The van der Waals surface area contributed by atoms with Gasteiger partial charge < -0.3 is 0 Å². The number of carbonyl (C=O) groups is 3. The molecule has 2 aromatic carbocycles. The molecule has 3 amide bonds. The van der Waals surface area contributed by atoms with Gasteiger partial charge in [-0.2, -0.15) is 0 Å². The van der Waals surface area contributed by atoms with E-state index in [9.17, 15) is 22.8 Å². The predicted molar refractivity (Wildman–Crippen MR) is 109 cm³/mol. The predicted octanol–water partition coefficient (Wildman–Crippen LogP) is 0.290. The standard InChI is InChI=1S/C19H17N7O5S/c1-11(2)26-19(29)15-8-5-13(9-16(15)32(26,30)31)18(28)22-21-17(27)12-3-6-14(7-4-12)25-10-20-23-24-25/h3-11H,1-2H3,(H,21,27)(H,22,28). The third-order valence-electron chi connectivity index (χ3n) is 4.71. The Morgan fingerprint density at radius 2 is 1.59 bits per heavy atom. The minimum Gasteiger partial charge on any atom is -0.268 e. The molecule has 2 N–H and O–H groups in total. The quantitative estimate of drug-likeness (QED) is 0.532. The number of hydrogen-bond donors (Lipinski definition) is 2. The maximum Gasteiger partial charge on any atom is 0.269 e. The number of rotatable bonds is 4. The number of sulfonamides is 1. The molecule has 0 spiro atoms. The van der Waals surface area contributed by atoms with E-state index in [1.165, 1.54) is 35.3 Å². The van der Waals surface area contributed by atoms with Crippen LogP contribution in [0.15, 0.2) is 53.7 Å². The Labute approximate surface area is 182 Å². The Balaban J connectivity index is 1.46. The first-order valence-electron chi connectivity index (χ1n) is 9.37. The molecule has 0 atom stereocenters. The third-order valence-corrected chi connectivity index (χ3v) is 6.71. The van der Waals surface area contributed by atoms with Crippen LogP contribution >= 0.6 is 0 Å². The highest BCUT2D eigenvalue weighted by atomic mass is 32.2. The van der Waals surface area contributed by atoms with Gasteiger partial charge in [0.25, 0.3) is 27.7 Å². The van der Waals surface area contributed by atoms with Crippen molar-refractivity contribution in [2.45, 2.75) is 24.8 Å². The number of benzene rings is 2. The number of nitrogens with zero attached hydrogens (tertiary/aromatic N) is 5. The van der Waals surface area contributed by atoms with Crippen molar-refractivity contribution in [3.8, 4) is 5.69 Å². The smallest absolute Gasteiger partial charge is 0.268 e. The zero-order chi connectivity index (χ0) is 23.0. The van der Waals surface area contributed by atoms with Gasteiger partial charge in [0.05, 0.1) is 11.3 Å². The minimum atomic E-state index is -4.05. The summed E-state index contributed by atoms with van der Waals surface area (Å²) < 4.78 is 27.5. The molecule has 0 saturated heterocycles. The zero-order valence-corrected chi connectivity index (χ0v) is 17.7. The number of carbonyl (C=O) groups excluding carboxylic acids is 3. The minimum absolute atomic E-state index is 0.00181. The zero-order valence-electron chi connectivity index (χ0n) is 16.9. The van der Waals surface area contributed by atoms with Crippen molar-refractivity contribution in [1.82, 2.24) is 35.4 Å². The first-order valence-corrected chi connectivity index (χ1v) is 10.8. The number of amides is 3. The summed E-state index contributed by atoms with van der Waals surface area (Å²) in [6.45, 7) is 3.17. The average Bonchev–Trinajstić information content (AvgIpc) is 3.37. The fourth-order valence-electron chi connectivity index (χ4n) is 3.20. The summed E-state index contributed by atoms with van der Waals surface area (Å²) in [6.07, 6.45) is 1.40. The van der Waals surface area contributed by atoms with Gasteiger partial charge in [0.15, 0.2) is 0 Å². The van der Waals surface area contributed by atoms with Crippen LogP contribution in [-0.4, -0.2) is 56.7 Å². The lowest BCUT2D eigenvalue weighted by atomic mass is 10.1. The number of aromatic nitrogens is 4. The van der Waals surface area contributed by atoms with E-state index in [4.69, 9.17) is 0 Å². The van der Waals surface area contributed by atoms with Crippen LogP contribution in [0.2, 0.25) is 0 Å². The molecule has 0 saturated carbocycles. The fraction of sp³-hybridized carbons (Fsp3) is 0.158. The van der Waals surface area contributed by atoms with Crippen LogP contribution in [0, 0.1) is 0 Å². The Bertz CT molecular complexity index is 1320. The van der Waals surface area contributed by atoms with Crippen LogP contribution < -0.4 is 10.9 Å². The van der Waals surface area contributed by atoms with E-state index < -0.39 is 33.8 Å². The van der Waals surface area contributed by atoms with Crippen molar-refractivity contribution in [3.63, 3.8) is 0 Å². The van der Waals surface area contributed by atoms with E-state index in [2.05, 4.69) is 26.4 Å². The summed E-state index contributed by atoms with van der Waals surface area (Å²) in [5.41, 5.74) is 5.37. The second kappa shape index (κ2) is 7.85. The molecule has 0 radical (unpaired) electrons. The van der Waals surface area contributed by atoms with Crippen molar-refractivity contribution in [3.05, 3.63) is 65.5 Å². The Morgan fingerprint density at radius 1 is 0.969 bits per heavy atom. The molecule has 0 fully saturated rings. The van der Waals surface area contributed by atoms with Gasteiger partial charge in [-0.3, -0.25) is 25.2 Å². The van der Waals surface area contributed by atoms with Gasteiger partial charge in [-0.25, -0.2) is 17.4 Å². The largest absolute Gasteiger partial charge is 0.269 e. The van der Waals surface area contributed by atoms with Crippen molar-refractivity contribution in [2.75, 3.05) is 0 Å². The molecule has 32 heavy (non-hydrogen) atoms. The normalized spacial score (nSPS) is 14.3. The highest BCUT2D eigenvalue weighted by Crippen LogP contribution is 2.32. The second-order valence-corrected chi connectivity index (χ2v) is 8.90. The van der Waals surface area contributed by atoms with Gasteiger partial charge in [-0.15, -0.1) is 5.10 Å². The van der Waals surface area contributed by atoms with Gasteiger partial charge in [0, 0.05) is 17.2 Å². The van der Waals surface area contributed by atoms with Gasteiger partial charge in [-0.05, 0) is 66.7 Å². The summed E-state index contributed by atoms with van der Waals surface area (Å²) in [4.78, 5) is 36.9. The Hall–Kier alpha value is -4.13. The molecule has 12 nitrogen and oxygen atoms in total. The van der Waals surface area contributed by atoms with E-state index in [1.807, 2.05) is 0 Å². The van der Waals surface area contributed by atoms with E-state index >= 15 is 0 Å². The van der Waals surface area contributed by atoms with Gasteiger partial charge in [0.2, 0.25) is 0 Å². The SMILES string of the molecule is CC(C)N1C(=O)c2ccc(C(=O)NNC(=O)c3ccc(-n4cnnn4)cc3)cc2S1(=O)=O. The highest BCUT2D eigenvalue weighted by Gasteiger charge is 2.42. The summed E-state index contributed by atoms with van der Waals surface area (Å²) in [5, 5.41) is 10.8. The van der Waals surface area contributed by atoms with Gasteiger partial charge in [-0.1, -0.05) is 0 Å². The molecule has 0 unspecified atom stereocenters. The highest BCUT2D eigenvalue weighted by molar-refractivity contribution is 7.90. The lowest BCUT2D eigenvalue weighted by Gasteiger charge is -2.18.